The SMILES string of the molecule is CCOC(=O)CCC(=O)NC(=S)Nc1cccc(NC(C)=O)c1. The van der Waals surface area contributed by atoms with E-state index in [-0.39, 0.29) is 36.4 Å². The molecule has 0 aliphatic heterocycles. The smallest absolute Gasteiger partial charge is 0.306 e. The second kappa shape index (κ2) is 9.52. The summed E-state index contributed by atoms with van der Waals surface area (Å²) in [5, 5.41) is 8.06. The third kappa shape index (κ3) is 7.91. The molecule has 1 rings (SSSR count). The highest BCUT2D eigenvalue weighted by Crippen LogP contribution is 2.14. The summed E-state index contributed by atoms with van der Waals surface area (Å²) in [4.78, 5) is 33.8. The lowest BCUT2D eigenvalue weighted by Crippen LogP contribution is -2.34. The van der Waals surface area contributed by atoms with Gasteiger partial charge in [0.25, 0.3) is 0 Å². The summed E-state index contributed by atoms with van der Waals surface area (Å²) in [5.74, 6) is -0.991. The largest absolute Gasteiger partial charge is 0.466 e. The second-order valence-electron chi connectivity index (χ2n) is 4.57. The van der Waals surface area contributed by atoms with Crippen LogP contribution in [0.25, 0.3) is 0 Å². The Hall–Kier alpha value is -2.48. The van der Waals surface area contributed by atoms with Crippen molar-refractivity contribution in [3.63, 3.8) is 0 Å². The standard InChI is InChI=1S/C15H19N3O4S/c1-3-22-14(21)8-7-13(20)18-15(23)17-12-6-4-5-11(9-12)16-10(2)19/h4-6,9H,3,7-8H2,1-2H3,(H,16,19)(H2,17,18,20,23). The van der Waals surface area contributed by atoms with Crippen LogP contribution in [0.15, 0.2) is 24.3 Å². The van der Waals surface area contributed by atoms with E-state index in [0.717, 1.165) is 0 Å². The van der Waals surface area contributed by atoms with Gasteiger partial charge in [-0.3, -0.25) is 14.4 Å². The molecular formula is C15H19N3O4S. The van der Waals surface area contributed by atoms with Crippen LogP contribution in [0.4, 0.5) is 11.4 Å². The van der Waals surface area contributed by atoms with Gasteiger partial charge >= 0.3 is 5.97 Å². The van der Waals surface area contributed by atoms with Crippen molar-refractivity contribution >= 4 is 46.5 Å². The number of hydrogen-bond acceptors (Lipinski definition) is 5. The molecule has 8 heteroatoms. The minimum atomic E-state index is -0.426. The van der Waals surface area contributed by atoms with Crippen LogP contribution >= 0.6 is 12.2 Å². The highest BCUT2D eigenvalue weighted by Gasteiger charge is 2.09. The maximum atomic E-state index is 11.7. The van der Waals surface area contributed by atoms with Gasteiger partial charge in [-0.25, -0.2) is 0 Å². The van der Waals surface area contributed by atoms with E-state index in [1.54, 1.807) is 31.2 Å². The van der Waals surface area contributed by atoms with Crippen LogP contribution in [-0.4, -0.2) is 29.5 Å². The van der Waals surface area contributed by atoms with Crippen molar-refractivity contribution in [1.29, 1.82) is 0 Å². The van der Waals surface area contributed by atoms with Crippen LogP contribution in [-0.2, 0) is 19.1 Å². The molecule has 0 fully saturated rings. The van der Waals surface area contributed by atoms with E-state index < -0.39 is 5.97 Å². The molecule has 0 unspecified atom stereocenters. The fraction of sp³-hybridized carbons (Fsp3) is 0.333. The number of hydrogen-bond donors (Lipinski definition) is 3. The number of thiocarbonyl (C=S) groups is 1. The van der Waals surface area contributed by atoms with Crippen molar-refractivity contribution < 1.29 is 19.1 Å². The zero-order valence-corrected chi connectivity index (χ0v) is 13.8. The summed E-state index contributed by atoms with van der Waals surface area (Å²) in [6.07, 6.45) is -0.00706. The number of esters is 1. The molecule has 0 aliphatic rings. The first-order valence-corrected chi connectivity index (χ1v) is 7.45. The van der Waals surface area contributed by atoms with Gasteiger partial charge in [0, 0.05) is 24.7 Å². The molecule has 0 saturated heterocycles. The zero-order chi connectivity index (χ0) is 17.2. The van der Waals surface area contributed by atoms with E-state index in [4.69, 9.17) is 17.0 Å². The van der Waals surface area contributed by atoms with Crippen LogP contribution in [0.1, 0.15) is 26.7 Å². The Kier molecular flexibility index (Phi) is 7.69. The van der Waals surface area contributed by atoms with Gasteiger partial charge in [0.2, 0.25) is 11.8 Å². The molecule has 124 valence electrons. The molecule has 0 aliphatic carbocycles. The molecule has 0 heterocycles. The van der Waals surface area contributed by atoms with Crippen LogP contribution < -0.4 is 16.0 Å². The summed E-state index contributed by atoms with van der Waals surface area (Å²) in [6.45, 7) is 3.39. The molecule has 0 bridgehead atoms. The van der Waals surface area contributed by atoms with Gasteiger partial charge in [-0.15, -0.1) is 0 Å². The van der Waals surface area contributed by atoms with Crippen molar-refractivity contribution in [1.82, 2.24) is 5.32 Å². The number of carbonyl (C=O) groups is 3. The number of benzene rings is 1. The van der Waals surface area contributed by atoms with Gasteiger partial charge in [-0.05, 0) is 37.3 Å². The Morgan fingerprint density at radius 2 is 1.78 bits per heavy atom. The number of ether oxygens (including phenoxy) is 1. The molecule has 2 amide bonds. The monoisotopic (exact) mass is 337 g/mol. The minimum Gasteiger partial charge on any atom is -0.466 e. The Morgan fingerprint density at radius 3 is 2.39 bits per heavy atom. The summed E-state index contributed by atoms with van der Waals surface area (Å²) in [5.41, 5.74) is 1.23. The molecule has 23 heavy (non-hydrogen) atoms. The van der Waals surface area contributed by atoms with Gasteiger partial charge in [0.15, 0.2) is 5.11 Å². The molecule has 0 saturated carbocycles. The summed E-state index contributed by atoms with van der Waals surface area (Å²) in [6, 6.07) is 6.88. The van der Waals surface area contributed by atoms with Crippen LogP contribution in [0.2, 0.25) is 0 Å². The van der Waals surface area contributed by atoms with E-state index in [1.807, 2.05) is 0 Å². The number of amides is 2. The van der Waals surface area contributed by atoms with Crippen molar-refractivity contribution in [2.24, 2.45) is 0 Å². The maximum Gasteiger partial charge on any atom is 0.306 e. The second-order valence-corrected chi connectivity index (χ2v) is 4.98. The average molecular weight is 337 g/mol. The van der Waals surface area contributed by atoms with Crippen molar-refractivity contribution in [2.75, 3.05) is 17.2 Å². The predicted molar refractivity (Wildman–Crippen MR) is 91.0 cm³/mol. The number of rotatable bonds is 6. The summed E-state index contributed by atoms with van der Waals surface area (Å²) < 4.78 is 4.74. The van der Waals surface area contributed by atoms with Crippen LogP contribution in [0.5, 0.6) is 0 Å². The van der Waals surface area contributed by atoms with Gasteiger partial charge in [-0.1, -0.05) is 6.07 Å². The first-order valence-electron chi connectivity index (χ1n) is 7.04. The van der Waals surface area contributed by atoms with E-state index in [1.165, 1.54) is 6.92 Å². The Balaban J connectivity index is 2.45. The lowest BCUT2D eigenvalue weighted by molar-refractivity contribution is -0.144. The number of anilines is 2. The molecular weight excluding hydrogens is 318 g/mol. The van der Waals surface area contributed by atoms with Crippen molar-refractivity contribution in [3.05, 3.63) is 24.3 Å². The van der Waals surface area contributed by atoms with Gasteiger partial charge in [0.05, 0.1) is 13.0 Å². The number of nitrogens with one attached hydrogen (secondary N) is 3. The third-order valence-corrected chi connectivity index (χ3v) is 2.76. The lowest BCUT2D eigenvalue weighted by Gasteiger charge is -2.11. The lowest BCUT2D eigenvalue weighted by atomic mass is 10.2. The van der Waals surface area contributed by atoms with E-state index >= 15 is 0 Å². The normalized spacial score (nSPS) is 9.65. The first kappa shape index (κ1) is 18.6. The predicted octanol–water partition coefficient (Wildman–Crippen LogP) is 1.80. The molecule has 3 N–H and O–H groups in total. The van der Waals surface area contributed by atoms with Crippen LogP contribution in [0, 0.1) is 0 Å². The molecule has 7 nitrogen and oxygen atoms in total. The molecule has 0 atom stereocenters. The van der Waals surface area contributed by atoms with Gasteiger partial charge in [0.1, 0.15) is 0 Å². The fourth-order valence-electron chi connectivity index (χ4n) is 1.68. The summed E-state index contributed by atoms with van der Waals surface area (Å²) in [7, 11) is 0. The van der Waals surface area contributed by atoms with Gasteiger partial charge in [-0.2, -0.15) is 0 Å². The Bertz CT molecular complexity index is 604. The zero-order valence-electron chi connectivity index (χ0n) is 13.0. The topological polar surface area (TPSA) is 96.5 Å². The maximum absolute atomic E-state index is 11.7. The molecule has 0 aromatic heterocycles. The van der Waals surface area contributed by atoms with Crippen molar-refractivity contribution in [3.8, 4) is 0 Å². The van der Waals surface area contributed by atoms with Gasteiger partial charge < -0.3 is 20.7 Å². The highest BCUT2D eigenvalue weighted by atomic mass is 32.1. The molecule has 1 aromatic carbocycles. The van der Waals surface area contributed by atoms with E-state index in [0.29, 0.717) is 11.4 Å². The first-order chi connectivity index (χ1) is 10.9. The fourth-order valence-corrected chi connectivity index (χ4v) is 1.91. The van der Waals surface area contributed by atoms with E-state index in [2.05, 4.69) is 16.0 Å². The van der Waals surface area contributed by atoms with Crippen LogP contribution in [0.3, 0.4) is 0 Å². The van der Waals surface area contributed by atoms with Crippen molar-refractivity contribution in [2.45, 2.75) is 26.7 Å². The third-order valence-electron chi connectivity index (χ3n) is 2.56. The quantitative estimate of drug-likeness (QED) is 0.541. The van der Waals surface area contributed by atoms with E-state index in [9.17, 15) is 14.4 Å². The molecule has 1 aromatic rings. The number of carbonyl (C=O) groups excluding carboxylic acids is 3. The molecule has 0 spiro atoms. The average Bonchev–Trinajstić information content (AvgIpc) is 2.45. The Labute approximate surface area is 139 Å². The minimum absolute atomic E-state index is 0.000301. The summed E-state index contributed by atoms with van der Waals surface area (Å²) >= 11 is 5.03. The Morgan fingerprint density at radius 1 is 1.13 bits per heavy atom. The molecule has 0 radical (unpaired) electrons. The highest BCUT2D eigenvalue weighted by molar-refractivity contribution is 7.80.